The molecule has 1 N–H and O–H groups in total. The van der Waals surface area contributed by atoms with E-state index >= 15 is 0 Å². The van der Waals surface area contributed by atoms with Crippen molar-refractivity contribution in [1.29, 1.82) is 0 Å². The minimum atomic E-state index is 0.115. The molecule has 0 amide bonds. The summed E-state index contributed by atoms with van der Waals surface area (Å²) in [5.74, 6) is 0.115. The molecule has 1 aromatic heterocycles. The largest absolute Gasteiger partial charge is 0.303 e. The van der Waals surface area contributed by atoms with E-state index in [1.54, 1.807) is 4.57 Å². The van der Waals surface area contributed by atoms with Crippen molar-refractivity contribution in [3.63, 3.8) is 0 Å². The van der Waals surface area contributed by atoms with Crippen LogP contribution in [0.4, 0.5) is 0 Å². The second-order valence-corrected chi connectivity index (χ2v) is 4.59. The number of carbonyl (C=O) groups excluding carboxylic acids is 1. The first-order chi connectivity index (χ1) is 7.25. The number of carbonyl (C=O) groups is 1. The lowest BCUT2D eigenvalue weighted by atomic mass is 10.2. The molecule has 1 aliphatic heterocycles. The van der Waals surface area contributed by atoms with Crippen LogP contribution in [0.3, 0.4) is 0 Å². The Kier molecular flexibility index (Phi) is 1.94. The minimum Gasteiger partial charge on any atom is -0.303 e. The second kappa shape index (κ2) is 3.18. The Morgan fingerprint density at radius 1 is 1.27 bits per heavy atom. The van der Waals surface area contributed by atoms with Crippen molar-refractivity contribution >= 4 is 32.7 Å². The van der Waals surface area contributed by atoms with E-state index in [1.807, 2.05) is 18.2 Å². The maximum atomic E-state index is 11.8. The molecule has 0 unspecified atom stereocenters. The Morgan fingerprint density at radius 3 is 3.00 bits per heavy atom. The molecule has 1 aliphatic rings. The third kappa shape index (κ3) is 1.33. The fraction of sp³-hybridized carbons (Fsp3) is 0.182. The topological polar surface area (TPSA) is 34.0 Å². The van der Waals surface area contributed by atoms with E-state index in [9.17, 15) is 4.79 Å². The van der Waals surface area contributed by atoms with Crippen LogP contribution in [-0.4, -0.2) is 17.0 Å². The van der Waals surface area contributed by atoms with E-state index in [4.69, 9.17) is 0 Å². The first-order valence-corrected chi connectivity index (χ1v) is 5.59. The van der Waals surface area contributed by atoms with Crippen molar-refractivity contribution in [2.24, 2.45) is 0 Å². The predicted octanol–water partition coefficient (Wildman–Crippen LogP) is 2.15. The molecule has 4 heteroatoms. The van der Waals surface area contributed by atoms with Crippen LogP contribution in [-0.2, 0) is 6.54 Å². The first kappa shape index (κ1) is 9.12. The Morgan fingerprint density at radius 2 is 2.13 bits per heavy atom. The van der Waals surface area contributed by atoms with Gasteiger partial charge in [-0.1, -0.05) is 22.0 Å². The summed E-state index contributed by atoms with van der Waals surface area (Å²) in [6.45, 7) is 1.18. The van der Waals surface area contributed by atoms with Gasteiger partial charge in [-0.05, 0) is 18.2 Å². The Labute approximate surface area is 95.2 Å². The van der Waals surface area contributed by atoms with Gasteiger partial charge in [0.05, 0.1) is 12.1 Å². The van der Waals surface area contributed by atoms with Crippen molar-refractivity contribution in [3.05, 3.63) is 34.4 Å². The van der Waals surface area contributed by atoms with Crippen molar-refractivity contribution in [2.45, 2.75) is 6.54 Å². The van der Waals surface area contributed by atoms with Crippen molar-refractivity contribution in [2.75, 3.05) is 6.54 Å². The van der Waals surface area contributed by atoms with Crippen LogP contribution < -0.4 is 5.32 Å². The van der Waals surface area contributed by atoms with Crippen molar-refractivity contribution in [3.8, 4) is 0 Å². The van der Waals surface area contributed by atoms with E-state index in [0.29, 0.717) is 6.54 Å². The molecule has 0 fully saturated rings. The van der Waals surface area contributed by atoms with E-state index in [-0.39, 0.29) is 5.91 Å². The molecule has 0 saturated carbocycles. The second-order valence-electron chi connectivity index (χ2n) is 3.67. The normalized spacial score (nSPS) is 15.7. The van der Waals surface area contributed by atoms with Crippen LogP contribution in [0.25, 0.3) is 10.9 Å². The van der Waals surface area contributed by atoms with Gasteiger partial charge in [0.15, 0.2) is 0 Å². The van der Waals surface area contributed by atoms with Crippen LogP contribution >= 0.6 is 15.9 Å². The maximum Gasteiger partial charge on any atom is 0.245 e. The van der Waals surface area contributed by atoms with Crippen LogP contribution in [0, 0.1) is 0 Å². The molecule has 1 aromatic carbocycles. The first-order valence-electron chi connectivity index (χ1n) is 4.79. The molecule has 0 spiro atoms. The molecular formula is C11H9BrN2O. The Hall–Kier alpha value is -1.13. The van der Waals surface area contributed by atoms with Gasteiger partial charge in [-0.3, -0.25) is 9.36 Å². The summed E-state index contributed by atoms with van der Waals surface area (Å²) in [5.41, 5.74) is 2.03. The lowest BCUT2D eigenvalue weighted by Crippen LogP contribution is -2.34. The van der Waals surface area contributed by atoms with Crippen molar-refractivity contribution in [1.82, 2.24) is 9.88 Å². The van der Waals surface area contributed by atoms with Gasteiger partial charge < -0.3 is 5.32 Å². The SMILES string of the molecule is O=C1CNCc2cc3ccc(Br)cc3n21. The lowest BCUT2D eigenvalue weighted by molar-refractivity contribution is 0.0900. The summed E-state index contributed by atoms with van der Waals surface area (Å²) in [6.07, 6.45) is 0. The summed E-state index contributed by atoms with van der Waals surface area (Å²) in [5, 5.41) is 4.20. The molecule has 0 radical (unpaired) electrons. The van der Waals surface area contributed by atoms with E-state index in [2.05, 4.69) is 27.3 Å². The molecule has 0 atom stereocenters. The number of hydrogen-bond acceptors (Lipinski definition) is 2. The van der Waals surface area contributed by atoms with Gasteiger partial charge in [0.1, 0.15) is 0 Å². The summed E-state index contributed by atoms with van der Waals surface area (Å²) < 4.78 is 2.80. The summed E-state index contributed by atoms with van der Waals surface area (Å²) >= 11 is 3.42. The number of halogens is 1. The highest BCUT2D eigenvalue weighted by Gasteiger charge is 2.18. The van der Waals surface area contributed by atoms with E-state index in [1.165, 1.54) is 0 Å². The molecule has 3 nitrogen and oxygen atoms in total. The Balaban J connectivity index is 2.38. The van der Waals surface area contributed by atoms with Crippen LogP contribution in [0.15, 0.2) is 28.7 Å². The van der Waals surface area contributed by atoms with E-state index < -0.39 is 0 Å². The highest BCUT2D eigenvalue weighted by Crippen LogP contribution is 2.24. The zero-order chi connectivity index (χ0) is 10.4. The number of nitrogens with zero attached hydrogens (tertiary/aromatic N) is 1. The highest BCUT2D eigenvalue weighted by molar-refractivity contribution is 9.10. The number of nitrogens with one attached hydrogen (secondary N) is 1. The molecule has 15 heavy (non-hydrogen) atoms. The van der Waals surface area contributed by atoms with Crippen LogP contribution in [0.2, 0.25) is 0 Å². The number of aromatic nitrogens is 1. The average Bonchev–Trinajstić information content (AvgIpc) is 2.57. The molecule has 2 heterocycles. The summed E-state index contributed by atoms with van der Waals surface area (Å²) in [6, 6.07) is 8.07. The fourth-order valence-corrected chi connectivity index (χ4v) is 2.38. The zero-order valence-electron chi connectivity index (χ0n) is 7.96. The molecule has 0 saturated heterocycles. The Bertz CT molecular complexity index is 559. The van der Waals surface area contributed by atoms with Gasteiger partial charge >= 0.3 is 0 Å². The molecule has 2 aromatic rings. The average molecular weight is 265 g/mol. The molecule has 3 rings (SSSR count). The van der Waals surface area contributed by atoms with Gasteiger partial charge in [0.2, 0.25) is 5.91 Å². The maximum absolute atomic E-state index is 11.8. The molecule has 0 aliphatic carbocycles. The van der Waals surface area contributed by atoms with Gasteiger partial charge in [-0.2, -0.15) is 0 Å². The standard InChI is InChI=1S/C11H9BrN2O/c12-8-2-1-7-3-9-5-13-6-11(15)14(9)10(7)4-8/h1-4,13H,5-6H2. The predicted molar refractivity (Wildman–Crippen MR) is 62.0 cm³/mol. The van der Waals surface area contributed by atoms with E-state index in [0.717, 1.165) is 27.6 Å². The van der Waals surface area contributed by atoms with Gasteiger partial charge in [0.25, 0.3) is 0 Å². The monoisotopic (exact) mass is 264 g/mol. The minimum absolute atomic E-state index is 0.115. The summed E-state index contributed by atoms with van der Waals surface area (Å²) in [7, 11) is 0. The van der Waals surface area contributed by atoms with Crippen LogP contribution in [0.5, 0.6) is 0 Å². The lowest BCUT2D eigenvalue weighted by Gasteiger charge is -2.15. The number of rotatable bonds is 0. The van der Waals surface area contributed by atoms with Crippen molar-refractivity contribution < 1.29 is 4.79 Å². The quantitative estimate of drug-likeness (QED) is 0.791. The zero-order valence-corrected chi connectivity index (χ0v) is 9.54. The third-order valence-corrected chi connectivity index (χ3v) is 3.17. The number of benzene rings is 1. The molecule has 76 valence electrons. The van der Waals surface area contributed by atoms with Crippen LogP contribution in [0.1, 0.15) is 10.5 Å². The van der Waals surface area contributed by atoms with Gasteiger partial charge in [-0.25, -0.2) is 0 Å². The molecule has 0 bridgehead atoms. The third-order valence-electron chi connectivity index (χ3n) is 2.67. The summed E-state index contributed by atoms with van der Waals surface area (Å²) in [4.78, 5) is 11.8. The smallest absolute Gasteiger partial charge is 0.245 e. The number of fused-ring (bicyclic) bond motifs is 3. The van der Waals surface area contributed by atoms with Gasteiger partial charge in [-0.15, -0.1) is 0 Å². The van der Waals surface area contributed by atoms with Gasteiger partial charge in [0, 0.05) is 22.1 Å². The highest BCUT2D eigenvalue weighted by atomic mass is 79.9. The molecular weight excluding hydrogens is 256 g/mol. The fourth-order valence-electron chi connectivity index (χ4n) is 2.03. The number of hydrogen-bond donors (Lipinski definition) is 1.